The predicted molar refractivity (Wildman–Crippen MR) is 86.5 cm³/mol. The second kappa shape index (κ2) is 8.03. The summed E-state index contributed by atoms with van der Waals surface area (Å²) in [5.74, 6) is 1.22. The van der Waals surface area contributed by atoms with Crippen LogP contribution in [0.1, 0.15) is 26.2 Å². The fourth-order valence-electron chi connectivity index (χ4n) is 2.47. The minimum atomic E-state index is -0.137. The average Bonchev–Trinajstić information content (AvgIpc) is 2.87. The van der Waals surface area contributed by atoms with Crippen molar-refractivity contribution in [1.82, 2.24) is 5.32 Å². The Hall–Kier alpha value is -1.75. The summed E-state index contributed by atoms with van der Waals surface area (Å²) in [4.78, 5) is 25.5. The van der Waals surface area contributed by atoms with Crippen LogP contribution < -0.4 is 15.0 Å². The van der Waals surface area contributed by atoms with Crippen LogP contribution in [0.2, 0.25) is 0 Å². The van der Waals surface area contributed by atoms with Crippen LogP contribution in [0.5, 0.6) is 5.75 Å². The highest BCUT2D eigenvalue weighted by molar-refractivity contribution is 6.17. The molecule has 1 heterocycles. The number of nitrogens with one attached hydrogen (secondary N) is 1. The van der Waals surface area contributed by atoms with E-state index in [-0.39, 0.29) is 17.9 Å². The first kappa shape index (κ1) is 16.6. The van der Waals surface area contributed by atoms with Gasteiger partial charge in [-0.2, -0.15) is 0 Å². The summed E-state index contributed by atoms with van der Waals surface area (Å²) in [6, 6.07) is 7.28. The van der Waals surface area contributed by atoms with Gasteiger partial charge in [-0.05, 0) is 37.6 Å². The Morgan fingerprint density at radius 1 is 1.41 bits per heavy atom. The average molecular weight is 325 g/mol. The van der Waals surface area contributed by atoms with Crippen molar-refractivity contribution in [3.8, 4) is 5.75 Å². The number of carbonyl (C=O) groups excluding carboxylic acids is 2. The molecule has 0 bridgehead atoms. The highest BCUT2D eigenvalue weighted by atomic mass is 35.5. The summed E-state index contributed by atoms with van der Waals surface area (Å²) in [5.41, 5.74) is 0.825. The number of benzene rings is 1. The van der Waals surface area contributed by atoms with Gasteiger partial charge in [0.25, 0.3) is 0 Å². The molecule has 120 valence electrons. The van der Waals surface area contributed by atoms with E-state index < -0.39 is 0 Å². The van der Waals surface area contributed by atoms with Crippen LogP contribution in [-0.4, -0.2) is 36.9 Å². The van der Waals surface area contributed by atoms with Gasteiger partial charge in [0, 0.05) is 31.0 Å². The maximum absolute atomic E-state index is 12.1. The van der Waals surface area contributed by atoms with E-state index in [1.165, 1.54) is 0 Å². The third kappa shape index (κ3) is 4.37. The van der Waals surface area contributed by atoms with Crippen molar-refractivity contribution in [3.63, 3.8) is 0 Å². The molecule has 0 aliphatic carbocycles. The highest BCUT2D eigenvalue weighted by Gasteiger charge is 2.31. The summed E-state index contributed by atoms with van der Waals surface area (Å²) in [5, 5.41) is 2.89. The number of rotatable bonds is 7. The van der Waals surface area contributed by atoms with Gasteiger partial charge in [0.2, 0.25) is 11.8 Å². The Labute approximate surface area is 135 Å². The predicted octanol–water partition coefficient (Wildman–Crippen LogP) is 2.33. The molecule has 0 spiro atoms. The van der Waals surface area contributed by atoms with E-state index in [4.69, 9.17) is 16.3 Å². The Kier molecular flexibility index (Phi) is 6.07. The van der Waals surface area contributed by atoms with Crippen molar-refractivity contribution >= 4 is 29.1 Å². The van der Waals surface area contributed by atoms with Crippen LogP contribution >= 0.6 is 11.6 Å². The van der Waals surface area contributed by atoms with Crippen LogP contribution in [0, 0.1) is 0 Å². The number of hydrogen-bond acceptors (Lipinski definition) is 3. The molecule has 1 aliphatic heterocycles. The molecule has 1 aromatic carbocycles. The molecule has 0 saturated carbocycles. The molecule has 2 rings (SSSR count). The Balaban J connectivity index is 1.93. The third-order valence-corrected chi connectivity index (χ3v) is 3.75. The summed E-state index contributed by atoms with van der Waals surface area (Å²) in [7, 11) is 0. The number of amides is 2. The molecule has 22 heavy (non-hydrogen) atoms. The van der Waals surface area contributed by atoms with Gasteiger partial charge in [-0.15, -0.1) is 11.6 Å². The second-order valence-electron chi connectivity index (χ2n) is 5.19. The van der Waals surface area contributed by atoms with E-state index in [9.17, 15) is 9.59 Å². The van der Waals surface area contributed by atoms with Gasteiger partial charge < -0.3 is 15.0 Å². The molecule has 6 heteroatoms. The molecule has 5 nitrogen and oxygen atoms in total. The SMILES string of the molecule is CCOc1ccc(N2C[C@H](NC(=O)CCCCl)CC2=O)cc1. The zero-order valence-electron chi connectivity index (χ0n) is 12.7. The number of halogens is 1. The monoisotopic (exact) mass is 324 g/mol. The molecule has 0 aromatic heterocycles. The Morgan fingerprint density at radius 2 is 2.14 bits per heavy atom. The zero-order valence-corrected chi connectivity index (χ0v) is 13.4. The molecular weight excluding hydrogens is 304 g/mol. The Bertz CT molecular complexity index is 519. The first-order chi connectivity index (χ1) is 10.6. The summed E-state index contributed by atoms with van der Waals surface area (Å²) >= 11 is 5.57. The topological polar surface area (TPSA) is 58.6 Å². The van der Waals surface area contributed by atoms with Crippen molar-refractivity contribution in [1.29, 1.82) is 0 Å². The first-order valence-corrected chi connectivity index (χ1v) is 8.06. The van der Waals surface area contributed by atoms with Crippen LogP contribution in [0.3, 0.4) is 0 Å². The van der Waals surface area contributed by atoms with Crippen LogP contribution in [0.25, 0.3) is 0 Å². The Morgan fingerprint density at radius 3 is 2.77 bits per heavy atom. The third-order valence-electron chi connectivity index (χ3n) is 3.49. The van der Waals surface area contributed by atoms with Gasteiger partial charge >= 0.3 is 0 Å². The first-order valence-electron chi connectivity index (χ1n) is 7.52. The molecule has 0 unspecified atom stereocenters. The van der Waals surface area contributed by atoms with Gasteiger partial charge in [0.05, 0.1) is 12.6 Å². The van der Waals surface area contributed by atoms with Crippen LogP contribution in [-0.2, 0) is 9.59 Å². The largest absolute Gasteiger partial charge is 0.494 e. The molecule has 1 aromatic rings. The number of nitrogens with zero attached hydrogens (tertiary/aromatic N) is 1. The van der Waals surface area contributed by atoms with E-state index in [1.807, 2.05) is 31.2 Å². The fraction of sp³-hybridized carbons (Fsp3) is 0.500. The van der Waals surface area contributed by atoms with Crippen molar-refractivity contribution in [2.75, 3.05) is 23.9 Å². The highest BCUT2D eigenvalue weighted by Crippen LogP contribution is 2.24. The molecular formula is C16H21ClN2O3. The maximum atomic E-state index is 12.1. The van der Waals surface area contributed by atoms with Crippen LogP contribution in [0.15, 0.2) is 24.3 Å². The zero-order chi connectivity index (χ0) is 15.9. The molecule has 1 N–H and O–H groups in total. The van der Waals surface area contributed by atoms with Gasteiger partial charge in [-0.1, -0.05) is 0 Å². The molecule has 1 aliphatic rings. The van der Waals surface area contributed by atoms with Gasteiger partial charge in [-0.25, -0.2) is 0 Å². The van der Waals surface area contributed by atoms with Crippen molar-refractivity contribution in [2.24, 2.45) is 0 Å². The maximum Gasteiger partial charge on any atom is 0.229 e. The standard InChI is InChI=1S/C16H21ClN2O3/c1-2-22-14-7-5-13(6-8-14)19-11-12(10-16(19)21)18-15(20)4-3-9-17/h5-8,12H,2-4,9-11H2,1H3,(H,18,20)/t12-/m1/s1. The lowest BCUT2D eigenvalue weighted by atomic mass is 10.2. The lowest BCUT2D eigenvalue weighted by Crippen LogP contribution is -2.37. The quantitative estimate of drug-likeness (QED) is 0.783. The van der Waals surface area contributed by atoms with Crippen molar-refractivity contribution in [2.45, 2.75) is 32.2 Å². The lowest BCUT2D eigenvalue weighted by molar-refractivity contribution is -0.121. The van der Waals surface area contributed by atoms with E-state index in [2.05, 4.69) is 5.32 Å². The fourth-order valence-corrected chi connectivity index (χ4v) is 2.60. The molecule has 1 fully saturated rings. The molecule has 0 radical (unpaired) electrons. The number of carbonyl (C=O) groups is 2. The second-order valence-corrected chi connectivity index (χ2v) is 5.57. The summed E-state index contributed by atoms with van der Waals surface area (Å²) in [6.45, 7) is 3.03. The number of alkyl halides is 1. The van der Waals surface area contributed by atoms with Crippen molar-refractivity contribution < 1.29 is 14.3 Å². The summed E-state index contributed by atoms with van der Waals surface area (Å²) < 4.78 is 5.39. The minimum absolute atomic E-state index is 0.0202. The van der Waals surface area contributed by atoms with Gasteiger partial charge in [0.15, 0.2) is 0 Å². The summed E-state index contributed by atoms with van der Waals surface area (Å²) in [6.07, 6.45) is 1.38. The van der Waals surface area contributed by atoms with Gasteiger partial charge in [-0.3, -0.25) is 9.59 Å². The van der Waals surface area contributed by atoms with Crippen molar-refractivity contribution in [3.05, 3.63) is 24.3 Å². The van der Waals surface area contributed by atoms with E-state index in [0.717, 1.165) is 11.4 Å². The number of hydrogen-bond donors (Lipinski definition) is 1. The lowest BCUT2D eigenvalue weighted by Gasteiger charge is -2.17. The van der Waals surface area contributed by atoms with E-state index in [0.29, 0.717) is 38.3 Å². The minimum Gasteiger partial charge on any atom is -0.494 e. The molecule has 2 amide bonds. The number of anilines is 1. The molecule has 1 atom stereocenters. The smallest absolute Gasteiger partial charge is 0.229 e. The van der Waals surface area contributed by atoms with Crippen LogP contribution in [0.4, 0.5) is 5.69 Å². The number of ether oxygens (including phenoxy) is 1. The van der Waals surface area contributed by atoms with E-state index >= 15 is 0 Å². The normalized spacial score (nSPS) is 17.6. The van der Waals surface area contributed by atoms with E-state index in [1.54, 1.807) is 4.90 Å². The van der Waals surface area contributed by atoms with Gasteiger partial charge in [0.1, 0.15) is 5.75 Å². The molecule has 1 saturated heterocycles.